The third kappa shape index (κ3) is 4.84. The summed E-state index contributed by atoms with van der Waals surface area (Å²) >= 11 is 1.51. The van der Waals surface area contributed by atoms with E-state index >= 15 is 0 Å². The Morgan fingerprint density at radius 1 is 1.04 bits per heavy atom. The Morgan fingerprint density at radius 3 is 2.32 bits per heavy atom. The first-order valence-electron chi connectivity index (χ1n) is 9.15. The Hall–Kier alpha value is -2.99. The fourth-order valence-corrected chi connectivity index (χ4v) is 3.73. The molecule has 0 bridgehead atoms. The lowest BCUT2D eigenvalue weighted by molar-refractivity contribution is -0.119. The van der Waals surface area contributed by atoms with Crippen molar-refractivity contribution in [3.8, 4) is 11.3 Å². The van der Waals surface area contributed by atoms with Crippen molar-refractivity contribution in [1.29, 1.82) is 0 Å². The molecule has 0 aliphatic rings. The van der Waals surface area contributed by atoms with Gasteiger partial charge in [-0.1, -0.05) is 56.3 Å². The van der Waals surface area contributed by atoms with Gasteiger partial charge in [0.25, 0.3) is 5.91 Å². The summed E-state index contributed by atoms with van der Waals surface area (Å²) < 4.78 is 0. The number of anilines is 1. The average molecular weight is 394 g/mol. The minimum Gasteiger partial charge on any atom is -0.352 e. The number of hydrogen-bond acceptors (Lipinski definition) is 4. The van der Waals surface area contributed by atoms with Crippen LogP contribution < -0.4 is 10.6 Å². The standard InChI is InChI=1S/C22H23N3O2S/c1-14(2)20-19(17-7-5-4-6-8-17)24-22(28-20)25-21(27)18-11-9-16(10-12-18)13-23-15(3)26/h4-12,14H,13H2,1-3H3,(H,23,26)(H,24,25,27). The minimum atomic E-state index is -0.199. The van der Waals surface area contributed by atoms with Gasteiger partial charge >= 0.3 is 0 Å². The number of amides is 2. The third-order valence-electron chi connectivity index (χ3n) is 4.20. The maximum absolute atomic E-state index is 12.6. The molecular weight excluding hydrogens is 370 g/mol. The fourth-order valence-electron chi connectivity index (χ4n) is 2.75. The van der Waals surface area contributed by atoms with Crippen LogP contribution in [0, 0.1) is 0 Å². The van der Waals surface area contributed by atoms with Crippen LogP contribution in [0.25, 0.3) is 11.3 Å². The van der Waals surface area contributed by atoms with Crippen LogP contribution >= 0.6 is 11.3 Å². The Labute approximate surface area is 168 Å². The Morgan fingerprint density at radius 2 is 1.71 bits per heavy atom. The van der Waals surface area contributed by atoms with Crippen LogP contribution in [0.5, 0.6) is 0 Å². The van der Waals surface area contributed by atoms with Crippen molar-refractivity contribution in [2.24, 2.45) is 0 Å². The molecule has 0 unspecified atom stereocenters. The first-order valence-corrected chi connectivity index (χ1v) is 9.96. The maximum Gasteiger partial charge on any atom is 0.257 e. The molecule has 0 spiro atoms. The second kappa shape index (κ2) is 8.80. The highest BCUT2D eigenvalue weighted by Gasteiger charge is 2.17. The van der Waals surface area contributed by atoms with E-state index in [2.05, 4.69) is 29.5 Å². The van der Waals surface area contributed by atoms with Crippen LogP contribution in [0.3, 0.4) is 0 Å². The van der Waals surface area contributed by atoms with Gasteiger partial charge in [0.2, 0.25) is 5.91 Å². The molecular formula is C22H23N3O2S. The van der Waals surface area contributed by atoms with Gasteiger partial charge in [0.1, 0.15) is 0 Å². The van der Waals surface area contributed by atoms with E-state index in [9.17, 15) is 9.59 Å². The van der Waals surface area contributed by atoms with Gasteiger partial charge in [-0.3, -0.25) is 14.9 Å². The SMILES string of the molecule is CC(=O)NCc1ccc(C(=O)Nc2nc(-c3ccccc3)c(C(C)C)s2)cc1. The van der Waals surface area contributed by atoms with E-state index in [4.69, 9.17) is 0 Å². The van der Waals surface area contributed by atoms with E-state index in [1.54, 1.807) is 12.1 Å². The number of thiazole rings is 1. The van der Waals surface area contributed by atoms with Crippen molar-refractivity contribution in [2.75, 3.05) is 5.32 Å². The molecule has 2 aromatic carbocycles. The zero-order valence-corrected chi connectivity index (χ0v) is 17.0. The summed E-state index contributed by atoms with van der Waals surface area (Å²) in [6.45, 7) is 6.17. The van der Waals surface area contributed by atoms with Crippen LogP contribution in [0.1, 0.15) is 47.5 Å². The van der Waals surface area contributed by atoms with Gasteiger partial charge in [0.15, 0.2) is 5.13 Å². The summed E-state index contributed by atoms with van der Waals surface area (Å²) in [6.07, 6.45) is 0. The van der Waals surface area contributed by atoms with Gasteiger partial charge in [-0.25, -0.2) is 4.98 Å². The van der Waals surface area contributed by atoms with Gasteiger partial charge in [0, 0.05) is 29.5 Å². The number of hydrogen-bond donors (Lipinski definition) is 2. The van der Waals surface area contributed by atoms with Crippen LogP contribution in [0.4, 0.5) is 5.13 Å². The van der Waals surface area contributed by atoms with Crippen LogP contribution in [0.2, 0.25) is 0 Å². The zero-order valence-electron chi connectivity index (χ0n) is 16.2. The molecule has 1 aromatic heterocycles. The highest BCUT2D eigenvalue weighted by Crippen LogP contribution is 2.36. The molecule has 0 radical (unpaired) electrons. The minimum absolute atomic E-state index is 0.0826. The Balaban J connectivity index is 1.76. The lowest BCUT2D eigenvalue weighted by Gasteiger charge is -2.05. The van der Waals surface area contributed by atoms with E-state index in [0.29, 0.717) is 23.2 Å². The van der Waals surface area contributed by atoms with Gasteiger partial charge < -0.3 is 5.32 Å². The summed E-state index contributed by atoms with van der Waals surface area (Å²) in [4.78, 5) is 29.4. The molecule has 0 aliphatic carbocycles. The maximum atomic E-state index is 12.6. The summed E-state index contributed by atoms with van der Waals surface area (Å²) in [7, 11) is 0. The molecule has 144 valence electrons. The van der Waals surface area contributed by atoms with E-state index in [0.717, 1.165) is 21.7 Å². The van der Waals surface area contributed by atoms with Crippen LogP contribution in [0.15, 0.2) is 54.6 Å². The highest BCUT2D eigenvalue weighted by atomic mass is 32.1. The average Bonchev–Trinajstić information content (AvgIpc) is 3.11. The fraction of sp³-hybridized carbons (Fsp3) is 0.227. The topological polar surface area (TPSA) is 71.1 Å². The van der Waals surface area contributed by atoms with Crippen molar-refractivity contribution in [1.82, 2.24) is 10.3 Å². The Bertz CT molecular complexity index is 963. The van der Waals surface area contributed by atoms with Gasteiger partial charge in [-0.2, -0.15) is 0 Å². The molecule has 0 aliphatic heterocycles. The van der Waals surface area contributed by atoms with Crippen molar-refractivity contribution >= 4 is 28.3 Å². The lowest BCUT2D eigenvalue weighted by Crippen LogP contribution is -2.19. The molecule has 2 amide bonds. The second-order valence-electron chi connectivity index (χ2n) is 6.81. The summed E-state index contributed by atoms with van der Waals surface area (Å²) in [6, 6.07) is 17.2. The number of carbonyl (C=O) groups is 2. The first-order chi connectivity index (χ1) is 13.4. The van der Waals surface area contributed by atoms with Crippen molar-refractivity contribution in [3.63, 3.8) is 0 Å². The molecule has 0 atom stereocenters. The molecule has 5 nitrogen and oxygen atoms in total. The molecule has 2 N–H and O–H groups in total. The van der Waals surface area contributed by atoms with Crippen molar-refractivity contribution in [3.05, 3.63) is 70.6 Å². The van der Waals surface area contributed by atoms with Crippen molar-refractivity contribution in [2.45, 2.75) is 33.2 Å². The number of carbonyl (C=O) groups excluding carboxylic acids is 2. The lowest BCUT2D eigenvalue weighted by atomic mass is 10.1. The largest absolute Gasteiger partial charge is 0.352 e. The summed E-state index contributed by atoms with van der Waals surface area (Å²) in [5.41, 5.74) is 3.45. The zero-order chi connectivity index (χ0) is 20.1. The normalized spacial score (nSPS) is 10.7. The number of rotatable bonds is 6. The van der Waals surface area contributed by atoms with E-state index in [1.807, 2.05) is 42.5 Å². The number of benzene rings is 2. The molecule has 0 fully saturated rings. The number of aromatic nitrogens is 1. The van der Waals surface area contributed by atoms with Gasteiger partial charge in [0.05, 0.1) is 5.69 Å². The summed E-state index contributed by atoms with van der Waals surface area (Å²) in [5.74, 6) is 0.0296. The van der Waals surface area contributed by atoms with Crippen LogP contribution in [-0.2, 0) is 11.3 Å². The number of nitrogens with one attached hydrogen (secondary N) is 2. The molecule has 3 rings (SSSR count). The van der Waals surface area contributed by atoms with Crippen molar-refractivity contribution < 1.29 is 9.59 Å². The molecule has 28 heavy (non-hydrogen) atoms. The molecule has 0 saturated carbocycles. The van der Waals surface area contributed by atoms with Crippen LogP contribution in [-0.4, -0.2) is 16.8 Å². The molecule has 3 aromatic rings. The van der Waals surface area contributed by atoms with Gasteiger partial charge in [-0.15, -0.1) is 11.3 Å². The number of nitrogens with zero attached hydrogens (tertiary/aromatic N) is 1. The first kappa shape index (κ1) is 19.8. The predicted molar refractivity (Wildman–Crippen MR) is 114 cm³/mol. The third-order valence-corrected chi connectivity index (χ3v) is 5.47. The highest BCUT2D eigenvalue weighted by molar-refractivity contribution is 7.16. The van der Waals surface area contributed by atoms with Gasteiger partial charge in [-0.05, 0) is 23.6 Å². The van der Waals surface area contributed by atoms with E-state index in [1.165, 1.54) is 18.3 Å². The summed E-state index contributed by atoms with van der Waals surface area (Å²) in [5, 5.41) is 6.24. The Kier molecular flexibility index (Phi) is 6.21. The monoisotopic (exact) mass is 393 g/mol. The quantitative estimate of drug-likeness (QED) is 0.631. The smallest absolute Gasteiger partial charge is 0.257 e. The second-order valence-corrected chi connectivity index (χ2v) is 7.84. The molecule has 0 saturated heterocycles. The van der Waals surface area contributed by atoms with E-state index < -0.39 is 0 Å². The molecule has 1 heterocycles. The molecule has 6 heteroatoms. The van der Waals surface area contributed by atoms with E-state index in [-0.39, 0.29) is 11.8 Å². The predicted octanol–water partition coefficient (Wildman–Crippen LogP) is 4.82.